The van der Waals surface area contributed by atoms with Gasteiger partial charge in [-0.2, -0.15) is 0 Å². The first-order valence-electron chi connectivity index (χ1n) is 11.3. The molecule has 1 spiro atoms. The van der Waals surface area contributed by atoms with Gasteiger partial charge in [-0.15, -0.1) is 24.8 Å². The molecule has 0 unspecified atom stereocenters. The molecule has 0 aromatic heterocycles. The van der Waals surface area contributed by atoms with Crippen molar-refractivity contribution in [1.29, 1.82) is 0 Å². The van der Waals surface area contributed by atoms with E-state index < -0.39 is 0 Å². The summed E-state index contributed by atoms with van der Waals surface area (Å²) >= 11 is 6.04. The minimum Gasteiger partial charge on any atom is -0.371 e. The minimum absolute atomic E-state index is 0. The van der Waals surface area contributed by atoms with Crippen LogP contribution in [0.1, 0.15) is 56.6 Å². The van der Waals surface area contributed by atoms with Crippen LogP contribution in [0.15, 0.2) is 24.3 Å². The van der Waals surface area contributed by atoms with Crippen molar-refractivity contribution >= 4 is 36.4 Å². The van der Waals surface area contributed by atoms with E-state index in [1.165, 1.54) is 70.1 Å². The van der Waals surface area contributed by atoms with Crippen LogP contribution in [0.2, 0.25) is 5.02 Å². The van der Waals surface area contributed by atoms with Crippen LogP contribution in [0.3, 0.4) is 0 Å². The van der Waals surface area contributed by atoms with Gasteiger partial charge in [0.25, 0.3) is 0 Å². The first-order valence-corrected chi connectivity index (χ1v) is 11.6. The largest absolute Gasteiger partial charge is 0.371 e. The number of morpholine rings is 1. The van der Waals surface area contributed by atoms with E-state index in [1.807, 2.05) is 12.1 Å². The van der Waals surface area contributed by atoms with Crippen LogP contribution in [0.25, 0.3) is 0 Å². The molecule has 1 aromatic carbocycles. The van der Waals surface area contributed by atoms with Gasteiger partial charge in [0, 0.05) is 36.2 Å². The van der Waals surface area contributed by atoms with E-state index in [0.29, 0.717) is 17.5 Å². The second kappa shape index (κ2) is 10.7. The molecular formula is C23H36Cl3N3O. The highest BCUT2D eigenvalue weighted by Gasteiger charge is 2.40. The molecule has 0 radical (unpaired) electrons. The van der Waals surface area contributed by atoms with Crippen LogP contribution in [0.4, 0.5) is 0 Å². The number of benzene rings is 1. The summed E-state index contributed by atoms with van der Waals surface area (Å²) in [6.07, 6.45) is 9.78. The number of fused-ring (bicyclic) bond motifs is 1. The Morgan fingerprint density at radius 3 is 2.37 bits per heavy atom. The molecular weight excluding hydrogens is 441 g/mol. The van der Waals surface area contributed by atoms with Crippen molar-refractivity contribution in [3.63, 3.8) is 0 Å². The van der Waals surface area contributed by atoms with Crippen LogP contribution in [0.5, 0.6) is 0 Å². The van der Waals surface area contributed by atoms with E-state index in [-0.39, 0.29) is 30.9 Å². The van der Waals surface area contributed by atoms with Gasteiger partial charge in [0.1, 0.15) is 0 Å². The molecule has 0 bridgehead atoms. The Bertz CT molecular complexity index is 658. The zero-order valence-corrected chi connectivity index (χ0v) is 20.0. The summed E-state index contributed by atoms with van der Waals surface area (Å²) in [5, 5.41) is 8.35. The number of hydrogen-bond donors (Lipinski definition) is 2. The third-order valence-corrected chi connectivity index (χ3v) is 8.09. The van der Waals surface area contributed by atoms with Crippen LogP contribution < -0.4 is 10.6 Å². The third kappa shape index (κ3) is 5.46. The molecule has 5 rings (SSSR count). The number of hydrogen-bond acceptors (Lipinski definition) is 4. The first-order chi connectivity index (χ1) is 13.7. The van der Waals surface area contributed by atoms with E-state index >= 15 is 0 Å². The topological polar surface area (TPSA) is 36.5 Å². The highest BCUT2D eigenvalue weighted by Crippen LogP contribution is 2.43. The van der Waals surface area contributed by atoms with Crippen molar-refractivity contribution in [3.8, 4) is 0 Å². The summed E-state index contributed by atoms with van der Waals surface area (Å²) in [6.45, 7) is 5.49. The van der Waals surface area contributed by atoms with E-state index in [0.717, 1.165) is 24.2 Å². The highest BCUT2D eigenvalue weighted by molar-refractivity contribution is 6.30. The lowest BCUT2D eigenvalue weighted by molar-refractivity contribution is -0.0502. The van der Waals surface area contributed by atoms with Gasteiger partial charge in [-0.1, -0.05) is 23.7 Å². The monoisotopic (exact) mass is 475 g/mol. The SMILES string of the molecule is Cl.Cl.Clc1ccc([C@H]2CN3C[C@H](NC4CCC5(CCNCC5)CC4)C[C@H]3CO2)cc1. The molecule has 3 heterocycles. The van der Waals surface area contributed by atoms with Gasteiger partial charge in [0.05, 0.1) is 12.7 Å². The summed E-state index contributed by atoms with van der Waals surface area (Å²) in [5.41, 5.74) is 1.91. The molecule has 3 atom stereocenters. The van der Waals surface area contributed by atoms with Crippen molar-refractivity contribution < 1.29 is 4.74 Å². The van der Waals surface area contributed by atoms with Crippen LogP contribution >= 0.6 is 36.4 Å². The van der Waals surface area contributed by atoms with E-state index in [4.69, 9.17) is 16.3 Å². The highest BCUT2D eigenvalue weighted by atomic mass is 35.5. The van der Waals surface area contributed by atoms with Gasteiger partial charge in [0.15, 0.2) is 0 Å². The summed E-state index contributed by atoms with van der Waals surface area (Å²) in [6, 6.07) is 10.1. The number of nitrogens with zero attached hydrogens (tertiary/aromatic N) is 1. The predicted molar refractivity (Wildman–Crippen MR) is 128 cm³/mol. The smallest absolute Gasteiger partial charge is 0.0952 e. The number of nitrogens with one attached hydrogen (secondary N) is 2. The quantitative estimate of drug-likeness (QED) is 0.668. The molecule has 0 amide bonds. The van der Waals surface area contributed by atoms with Gasteiger partial charge < -0.3 is 15.4 Å². The fourth-order valence-corrected chi connectivity index (χ4v) is 6.19. The maximum absolute atomic E-state index is 6.21. The molecule has 3 aliphatic heterocycles. The normalized spacial score (nSPS) is 31.6. The zero-order chi connectivity index (χ0) is 19.0. The van der Waals surface area contributed by atoms with Crippen molar-refractivity contribution in [3.05, 3.63) is 34.9 Å². The molecule has 4 fully saturated rings. The lowest BCUT2D eigenvalue weighted by atomic mass is 9.67. The lowest BCUT2D eigenvalue weighted by Crippen LogP contribution is -2.46. The fraction of sp³-hybridized carbons (Fsp3) is 0.739. The fourth-order valence-electron chi connectivity index (χ4n) is 6.06. The van der Waals surface area contributed by atoms with E-state index in [2.05, 4.69) is 27.7 Å². The predicted octanol–water partition coefficient (Wildman–Crippen LogP) is 4.60. The van der Waals surface area contributed by atoms with Gasteiger partial charge >= 0.3 is 0 Å². The van der Waals surface area contributed by atoms with Gasteiger partial charge in [-0.3, -0.25) is 4.90 Å². The summed E-state index contributed by atoms with van der Waals surface area (Å²) in [4.78, 5) is 2.65. The average molecular weight is 477 g/mol. The Morgan fingerprint density at radius 1 is 0.967 bits per heavy atom. The molecule has 170 valence electrons. The first kappa shape index (κ1) is 24.6. The lowest BCUT2D eigenvalue weighted by Gasteiger charge is -2.43. The Hall–Kier alpha value is -0.0700. The van der Waals surface area contributed by atoms with Crippen molar-refractivity contribution in [1.82, 2.24) is 15.5 Å². The van der Waals surface area contributed by atoms with E-state index in [1.54, 1.807) is 0 Å². The standard InChI is InChI=1S/C23H34ClN3O.2ClH/c24-18-3-1-17(2-4-18)22-15-27-14-20(13-21(27)16-28-22)26-19-5-7-23(8-6-19)9-11-25-12-10-23;;/h1-4,19-22,25-26H,5-16H2;2*1H/t20-,21+,22-;;/m1../s1. The molecule has 4 aliphatic rings. The average Bonchev–Trinajstić information content (AvgIpc) is 3.13. The minimum atomic E-state index is 0. The molecule has 1 aliphatic carbocycles. The molecule has 1 saturated carbocycles. The van der Waals surface area contributed by atoms with E-state index in [9.17, 15) is 0 Å². The maximum atomic E-state index is 6.21. The second-order valence-corrected chi connectivity index (χ2v) is 10.0. The Morgan fingerprint density at radius 2 is 1.67 bits per heavy atom. The van der Waals surface area contributed by atoms with Crippen LogP contribution in [-0.2, 0) is 4.74 Å². The second-order valence-electron chi connectivity index (χ2n) is 9.60. The molecule has 2 N–H and O–H groups in total. The van der Waals surface area contributed by atoms with Crippen LogP contribution in [0, 0.1) is 5.41 Å². The van der Waals surface area contributed by atoms with Gasteiger partial charge in [-0.25, -0.2) is 0 Å². The Balaban J connectivity index is 0.00000128. The van der Waals surface area contributed by atoms with Crippen molar-refractivity contribution in [2.75, 3.05) is 32.8 Å². The molecule has 1 aromatic rings. The number of piperidine rings is 1. The van der Waals surface area contributed by atoms with Crippen LogP contribution in [-0.4, -0.2) is 55.8 Å². The molecule has 30 heavy (non-hydrogen) atoms. The Labute approximate surface area is 198 Å². The summed E-state index contributed by atoms with van der Waals surface area (Å²) < 4.78 is 6.21. The third-order valence-electron chi connectivity index (χ3n) is 7.84. The molecule has 7 heteroatoms. The number of rotatable bonds is 3. The number of halogens is 3. The van der Waals surface area contributed by atoms with Gasteiger partial charge in [-0.05, 0) is 81.1 Å². The zero-order valence-electron chi connectivity index (χ0n) is 17.7. The van der Waals surface area contributed by atoms with Crippen molar-refractivity contribution in [2.45, 2.75) is 69.2 Å². The molecule has 3 saturated heterocycles. The van der Waals surface area contributed by atoms with Crippen molar-refractivity contribution in [2.24, 2.45) is 5.41 Å². The Kier molecular flexibility index (Phi) is 8.76. The summed E-state index contributed by atoms with van der Waals surface area (Å²) in [7, 11) is 0. The number of ether oxygens (including phenoxy) is 1. The summed E-state index contributed by atoms with van der Waals surface area (Å²) in [5.74, 6) is 0. The maximum Gasteiger partial charge on any atom is 0.0952 e. The van der Waals surface area contributed by atoms with Gasteiger partial charge in [0.2, 0.25) is 0 Å². The molecule has 4 nitrogen and oxygen atoms in total.